The maximum atomic E-state index is 6.57. The molecule has 4 heteroatoms. The van der Waals surface area contributed by atoms with Crippen molar-refractivity contribution in [3.05, 3.63) is 180 Å². The summed E-state index contributed by atoms with van der Waals surface area (Å²) >= 11 is 0. The molecule has 0 saturated heterocycles. The summed E-state index contributed by atoms with van der Waals surface area (Å²) in [6.07, 6.45) is 1.98. The molecule has 218 valence electrons. The number of nitrogens with one attached hydrogen (secondary N) is 1. The molecule has 1 unspecified atom stereocenters. The third-order valence-corrected chi connectivity index (χ3v) is 8.84. The van der Waals surface area contributed by atoms with Crippen molar-refractivity contribution >= 4 is 44.2 Å². The van der Waals surface area contributed by atoms with Gasteiger partial charge in [0.15, 0.2) is 0 Å². The van der Waals surface area contributed by atoms with Gasteiger partial charge in [-0.3, -0.25) is 4.99 Å². The van der Waals surface area contributed by atoms with Gasteiger partial charge in [-0.1, -0.05) is 121 Å². The summed E-state index contributed by atoms with van der Waals surface area (Å²) in [5, 5.41) is 7.05. The van der Waals surface area contributed by atoms with Crippen molar-refractivity contribution in [1.82, 2.24) is 9.88 Å². The Morgan fingerprint density at radius 3 is 2.02 bits per heavy atom. The lowest BCUT2D eigenvalue weighted by Crippen LogP contribution is -2.24. The van der Waals surface area contributed by atoms with E-state index in [-0.39, 0.29) is 6.17 Å². The summed E-state index contributed by atoms with van der Waals surface area (Å²) in [4.78, 5) is 5.16. The first-order valence-electron chi connectivity index (χ1n) is 15.6. The standard InChI is InChI=1S/C42H29N3O/c1-4-12-28(13-5-1)35-27-36(44-42(43-35)31-16-8-3-9-17-31)29-20-23-33(24-21-29)45-37-19-11-10-18-34(37)40-38(45)25-22-32-26-39(46-41(32)40)30-14-6-2-7-15-30/h1-27,42-43H. The van der Waals surface area contributed by atoms with Crippen LogP contribution in [-0.2, 0) is 0 Å². The molecule has 0 amide bonds. The summed E-state index contributed by atoms with van der Waals surface area (Å²) in [5.74, 6) is 0.878. The van der Waals surface area contributed by atoms with Crippen molar-refractivity contribution in [2.75, 3.05) is 0 Å². The first-order chi connectivity index (χ1) is 22.8. The largest absolute Gasteiger partial charge is 0.455 e. The van der Waals surface area contributed by atoms with E-state index in [0.717, 1.165) is 72.5 Å². The number of aromatic nitrogens is 1. The molecule has 0 bridgehead atoms. The molecule has 1 aliphatic rings. The fraction of sp³-hybridized carbons (Fsp3) is 0.0238. The molecule has 6 aromatic carbocycles. The predicted octanol–water partition coefficient (Wildman–Crippen LogP) is 10.3. The van der Waals surface area contributed by atoms with Crippen LogP contribution in [0.15, 0.2) is 173 Å². The number of benzene rings is 6. The zero-order valence-electron chi connectivity index (χ0n) is 25.0. The number of para-hydroxylation sites is 1. The van der Waals surface area contributed by atoms with Gasteiger partial charge >= 0.3 is 0 Å². The molecule has 1 atom stereocenters. The van der Waals surface area contributed by atoms with Gasteiger partial charge in [0.25, 0.3) is 0 Å². The van der Waals surface area contributed by atoms with Crippen molar-refractivity contribution in [1.29, 1.82) is 0 Å². The van der Waals surface area contributed by atoms with Crippen molar-refractivity contribution in [3.63, 3.8) is 0 Å². The second-order valence-electron chi connectivity index (χ2n) is 11.7. The van der Waals surface area contributed by atoms with Crippen LogP contribution in [-0.4, -0.2) is 10.3 Å². The zero-order chi connectivity index (χ0) is 30.5. The predicted molar refractivity (Wildman–Crippen MR) is 189 cm³/mol. The molecule has 9 rings (SSSR count). The van der Waals surface area contributed by atoms with Gasteiger partial charge in [0.1, 0.15) is 17.5 Å². The van der Waals surface area contributed by atoms with Crippen LogP contribution in [0.5, 0.6) is 0 Å². The summed E-state index contributed by atoms with van der Waals surface area (Å²) in [5.41, 5.74) is 10.7. The molecule has 0 fully saturated rings. The second kappa shape index (κ2) is 10.8. The van der Waals surface area contributed by atoms with Gasteiger partial charge in [-0.25, -0.2) is 0 Å². The van der Waals surface area contributed by atoms with Gasteiger partial charge in [0, 0.05) is 27.7 Å². The lowest BCUT2D eigenvalue weighted by molar-refractivity contribution is 0.635. The van der Waals surface area contributed by atoms with E-state index in [1.54, 1.807) is 0 Å². The van der Waals surface area contributed by atoms with E-state index in [1.165, 1.54) is 5.39 Å². The Kier molecular flexibility index (Phi) is 6.17. The minimum atomic E-state index is -0.176. The van der Waals surface area contributed by atoms with Crippen LogP contribution in [0.25, 0.3) is 55.5 Å². The average molecular weight is 592 g/mol. The summed E-state index contributed by atoms with van der Waals surface area (Å²) in [7, 11) is 0. The Balaban J connectivity index is 1.16. The lowest BCUT2D eigenvalue weighted by Gasteiger charge is -2.25. The van der Waals surface area contributed by atoms with Crippen LogP contribution in [0.3, 0.4) is 0 Å². The van der Waals surface area contributed by atoms with Crippen molar-refractivity contribution in [3.8, 4) is 17.0 Å². The average Bonchev–Trinajstić information content (AvgIpc) is 3.72. The van der Waals surface area contributed by atoms with Crippen LogP contribution in [0.4, 0.5) is 0 Å². The van der Waals surface area contributed by atoms with Crippen LogP contribution in [0.2, 0.25) is 0 Å². The zero-order valence-corrected chi connectivity index (χ0v) is 25.0. The van der Waals surface area contributed by atoms with E-state index in [1.807, 2.05) is 30.3 Å². The SMILES string of the molecule is C1=C(c2ccccc2)NC(c2ccccc2)N=C1c1ccc(-n2c3ccccc3c3c4oc(-c5ccccc5)cc4ccc32)cc1. The van der Waals surface area contributed by atoms with E-state index < -0.39 is 0 Å². The summed E-state index contributed by atoms with van der Waals surface area (Å²) in [6, 6.07) is 55.0. The Morgan fingerprint density at radius 2 is 1.26 bits per heavy atom. The van der Waals surface area contributed by atoms with Crippen LogP contribution >= 0.6 is 0 Å². The number of hydrogen-bond acceptors (Lipinski definition) is 3. The number of furan rings is 1. The van der Waals surface area contributed by atoms with E-state index in [9.17, 15) is 0 Å². The Morgan fingerprint density at radius 1 is 0.587 bits per heavy atom. The number of rotatable bonds is 5. The van der Waals surface area contributed by atoms with Gasteiger partial charge in [-0.15, -0.1) is 0 Å². The first-order valence-corrected chi connectivity index (χ1v) is 15.6. The third kappa shape index (κ3) is 4.42. The molecular formula is C42H29N3O. The molecule has 0 spiro atoms. The Bertz CT molecular complexity index is 2420. The van der Waals surface area contributed by atoms with E-state index in [2.05, 4.69) is 143 Å². The molecule has 0 radical (unpaired) electrons. The second-order valence-corrected chi connectivity index (χ2v) is 11.7. The third-order valence-electron chi connectivity index (χ3n) is 8.84. The molecule has 8 aromatic rings. The molecule has 0 aliphatic carbocycles. The fourth-order valence-electron chi connectivity index (χ4n) is 6.62. The molecule has 46 heavy (non-hydrogen) atoms. The lowest BCUT2D eigenvalue weighted by atomic mass is 10.0. The maximum absolute atomic E-state index is 6.57. The maximum Gasteiger partial charge on any atom is 0.145 e. The highest BCUT2D eigenvalue weighted by Crippen LogP contribution is 2.39. The molecule has 3 heterocycles. The molecule has 1 N–H and O–H groups in total. The van der Waals surface area contributed by atoms with Gasteiger partial charge < -0.3 is 14.3 Å². The van der Waals surface area contributed by atoms with Crippen molar-refractivity contribution in [2.45, 2.75) is 6.17 Å². The number of aliphatic imine (C=N–C) groups is 1. The Hall–Kier alpha value is -6.13. The molecule has 4 nitrogen and oxygen atoms in total. The Labute approximate surface area is 266 Å². The topological polar surface area (TPSA) is 42.5 Å². The minimum Gasteiger partial charge on any atom is -0.455 e. The highest BCUT2D eigenvalue weighted by Gasteiger charge is 2.21. The first kappa shape index (κ1) is 26.3. The van der Waals surface area contributed by atoms with Crippen LogP contribution in [0, 0.1) is 0 Å². The molecule has 1 aliphatic heterocycles. The van der Waals surface area contributed by atoms with E-state index in [4.69, 9.17) is 9.41 Å². The molecular weight excluding hydrogens is 562 g/mol. The summed E-state index contributed by atoms with van der Waals surface area (Å²) < 4.78 is 8.91. The van der Waals surface area contributed by atoms with E-state index in [0.29, 0.717) is 0 Å². The highest BCUT2D eigenvalue weighted by atomic mass is 16.3. The van der Waals surface area contributed by atoms with Gasteiger partial charge in [-0.2, -0.15) is 0 Å². The fourth-order valence-corrected chi connectivity index (χ4v) is 6.62. The number of allylic oxidation sites excluding steroid dienone is 1. The summed E-state index contributed by atoms with van der Waals surface area (Å²) in [6.45, 7) is 0. The highest BCUT2D eigenvalue weighted by molar-refractivity contribution is 6.20. The number of fused-ring (bicyclic) bond motifs is 5. The van der Waals surface area contributed by atoms with Crippen molar-refractivity contribution in [2.24, 2.45) is 4.99 Å². The number of hydrogen-bond donors (Lipinski definition) is 1. The number of nitrogens with zero attached hydrogens (tertiary/aromatic N) is 2. The molecule has 0 saturated carbocycles. The minimum absolute atomic E-state index is 0.176. The van der Waals surface area contributed by atoms with Crippen molar-refractivity contribution < 1.29 is 4.42 Å². The van der Waals surface area contributed by atoms with Gasteiger partial charge in [0.2, 0.25) is 0 Å². The monoisotopic (exact) mass is 591 g/mol. The quantitative estimate of drug-likeness (QED) is 0.216. The molecule has 2 aromatic heterocycles. The van der Waals surface area contributed by atoms with Gasteiger partial charge in [-0.05, 0) is 59.2 Å². The smallest absolute Gasteiger partial charge is 0.145 e. The van der Waals surface area contributed by atoms with E-state index >= 15 is 0 Å². The van der Waals surface area contributed by atoms with Crippen LogP contribution < -0.4 is 5.32 Å². The normalized spacial score (nSPS) is 14.7. The van der Waals surface area contributed by atoms with Gasteiger partial charge in [0.05, 0.1) is 22.1 Å². The van der Waals surface area contributed by atoms with Crippen LogP contribution in [0.1, 0.15) is 22.9 Å².